The van der Waals surface area contributed by atoms with Crippen LogP contribution in [0.15, 0.2) is 10.9 Å². The summed E-state index contributed by atoms with van der Waals surface area (Å²) in [7, 11) is 0. The molecule has 4 heteroatoms. The van der Waals surface area contributed by atoms with Crippen molar-refractivity contribution in [3.63, 3.8) is 0 Å². The van der Waals surface area contributed by atoms with Gasteiger partial charge in [0.15, 0.2) is 0 Å². The summed E-state index contributed by atoms with van der Waals surface area (Å²) in [5, 5.41) is 5.66. The van der Waals surface area contributed by atoms with Gasteiger partial charge in [0.2, 0.25) is 0 Å². The fourth-order valence-corrected chi connectivity index (χ4v) is 3.10. The molecule has 1 aliphatic rings. The molecule has 3 nitrogen and oxygen atoms in total. The molecule has 0 atom stereocenters. The van der Waals surface area contributed by atoms with Gasteiger partial charge >= 0.3 is 0 Å². The highest BCUT2D eigenvalue weighted by Crippen LogP contribution is 2.36. The van der Waals surface area contributed by atoms with Crippen molar-refractivity contribution < 1.29 is 0 Å². The second kappa shape index (κ2) is 5.75. The van der Waals surface area contributed by atoms with Crippen molar-refractivity contribution in [3.8, 4) is 0 Å². The normalized spacial score (nSPS) is 19.1. The van der Waals surface area contributed by atoms with Gasteiger partial charge in [0.25, 0.3) is 0 Å². The van der Waals surface area contributed by atoms with E-state index in [1.54, 1.807) is 11.3 Å². The molecular weight excluding hydrogens is 218 g/mol. The molecule has 1 saturated carbocycles. The van der Waals surface area contributed by atoms with E-state index in [1.165, 1.54) is 31.4 Å². The molecule has 1 heterocycles. The summed E-state index contributed by atoms with van der Waals surface area (Å²) in [4.78, 5) is 4.28. The second-order valence-corrected chi connectivity index (χ2v) is 5.54. The molecule has 3 N–H and O–H groups in total. The van der Waals surface area contributed by atoms with Crippen molar-refractivity contribution >= 4 is 11.3 Å². The summed E-state index contributed by atoms with van der Waals surface area (Å²) in [6.45, 7) is 2.93. The minimum Gasteiger partial charge on any atom is -0.330 e. The molecule has 0 radical (unpaired) electrons. The van der Waals surface area contributed by atoms with E-state index in [9.17, 15) is 0 Å². The van der Waals surface area contributed by atoms with Gasteiger partial charge in [0, 0.05) is 24.9 Å². The van der Waals surface area contributed by atoms with E-state index < -0.39 is 0 Å². The zero-order chi connectivity index (χ0) is 11.3. The highest BCUT2D eigenvalue weighted by atomic mass is 32.1. The van der Waals surface area contributed by atoms with Gasteiger partial charge in [-0.2, -0.15) is 0 Å². The predicted molar refractivity (Wildman–Crippen MR) is 68.6 cm³/mol. The van der Waals surface area contributed by atoms with Gasteiger partial charge in [-0.15, -0.1) is 11.3 Å². The van der Waals surface area contributed by atoms with Crippen LogP contribution in [0.25, 0.3) is 0 Å². The lowest BCUT2D eigenvalue weighted by Gasteiger charge is -2.27. The Bertz CT molecular complexity index is 291. The van der Waals surface area contributed by atoms with E-state index in [1.807, 2.05) is 5.51 Å². The van der Waals surface area contributed by atoms with Crippen molar-refractivity contribution in [1.29, 1.82) is 0 Å². The lowest BCUT2D eigenvalue weighted by molar-refractivity contribution is 0.292. The van der Waals surface area contributed by atoms with Crippen LogP contribution in [0.5, 0.6) is 0 Å². The Morgan fingerprint density at radius 2 is 2.25 bits per heavy atom. The van der Waals surface area contributed by atoms with Crippen LogP contribution in [0.3, 0.4) is 0 Å². The molecule has 0 aromatic carbocycles. The number of nitrogens with zero attached hydrogens (tertiary/aromatic N) is 1. The third-order valence-corrected chi connectivity index (χ3v) is 4.27. The standard InChI is InChI=1S/C12H21N3S/c13-8-12(4-1-2-5-12)9-14-6-3-11-7-16-10-15-11/h7,10,14H,1-6,8-9,13H2. The Hall–Kier alpha value is -0.450. The van der Waals surface area contributed by atoms with E-state index in [-0.39, 0.29) is 0 Å². The van der Waals surface area contributed by atoms with Gasteiger partial charge in [-0.1, -0.05) is 12.8 Å². The number of hydrogen-bond donors (Lipinski definition) is 2. The minimum absolute atomic E-state index is 0.391. The van der Waals surface area contributed by atoms with E-state index in [2.05, 4.69) is 15.7 Å². The molecule has 1 aromatic rings. The van der Waals surface area contributed by atoms with Crippen LogP contribution in [0, 0.1) is 5.41 Å². The van der Waals surface area contributed by atoms with Crippen molar-refractivity contribution in [1.82, 2.24) is 10.3 Å². The molecule has 16 heavy (non-hydrogen) atoms. The maximum atomic E-state index is 5.89. The average molecular weight is 239 g/mol. The summed E-state index contributed by atoms with van der Waals surface area (Å²) in [5.74, 6) is 0. The quantitative estimate of drug-likeness (QED) is 0.744. The first-order valence-corrected chi connectivity index (χ1v) is 7.07. The topological polar surface area (TPSA) is 50.9 Å². The van der Waals surface area contributed by atoms with Gasteiger partial charge in [0.05, 0.1) is 11.2 Å². The zero-order valence-corrected chi connectivity index (χ0v) is 10.6. The molecule has 0 unspecified atom stereocenters. The highest BCUT2D eigenvalue weighted by Gasteiger charge is 2.31. The van der Waals surface area contributed by atoms with Gasteiger partial charge in [0.1, 0.15) is 0 Å². The van der Waals surface area contributed by atoms with E-state index in [0.29, 0.717) is 5.41 Å². The Labute approximate surface area is 101 Å². The first-order chi connectivity index (χ1) is 7.85. The van der Waals surface area contributed by atoms with Crippen LogP contribution in [0.1, 0.15) is 31.4 Å². The monoisotopic (exact) mass is 239 g/mol. The summed E-state index contributed by atoms with van der Waals surface area (Å²) < 4.78 is 0. The SMILES string of the molecule is NCC1(CNCCc2cscn2)CCCC1. The molecule has 1 fully saturated rings. The van der Waals surface area contributed by atoms with Crippen LogP contribution in [0.4, 0.5) is 0 Å². The van der Waals surface area contributed by atoms with Gasteiger partial charge in [-0.05, 0) is 24.8 Å². The number of aromatic nitrogens is 1. The number of thiazole rings is 1. The molecule has 1 aromatic heterocycles. The van der Waals surface area contributed by atoms with Crippen LogP contribution in [-0.2, 0) is 6.42 Å². The van der Waals surface area contributed by atoms with Crippen molar-refractivity contribution in [2.75, 3.05) is 19.6 Å². The number of hydrogen-bond acceptors (Lipinski definition) is 4. The van der Waals surface area contributed by atoms with E-state index in [4.69, 9.17) is 5.73 Å². The summed E-state index contributed by atoms with van der Waals surface area (Å²) >= 11 is 1.67. The molecule has 0 aliphatic heterocycles. The molecule has 0 bridgehead atoms. The third kappa shape index (κ3) is 3.03. The van der Waals surface area contributed by atoms with Crippen LogP contribution in [-0.4, -0.2) is 24.6 Å². The van der Waals surface area contributed by atoms with Crippen molar-refractivity contribution in [2.24, 2.45) is 11.1 Å². The largest absolute Gasteiger partial charge is 0.330 e. The highest BCUT2D eigenvalue weighted by molar-refractivity contribution is 7.07. The summed E-state index contributed by atoms with van der Waals surface area (Å²) in [5.41, 5.74) is 9.38. The lowest BCUT2D eigenvalue weighted by atomic mass is 9.86. The molecule has 90 valence electrons. The molecule has 0 amide bonds. The smallest absolute Gasteiger partial charge is 0.0794 e. The van der Waals surface area contributed by atoms with Gasteiger partial charge in [-0.3, -0.25) is 0 Å². The first kappa shape index (κ1) is 12.0. The van der Waals surface area contributed by atoms with Crippen LogP contribution in [0.2, 0.25) is 0 Å². The molecule has 2 rings (SSSR count). The summed E-state index contributed by atoms with van der Waals surface area (Å²) in [6.07, 6.45) is 6.33. The molecule has 0 saturated heterocycles. The maximum Gasteiger partial charge on any atom is 0.0794 e. The Morgan fingerprint density at radius 1 is 1.44 bits per heavy atom. The Balaban J connectivity index is 1.67. The first-order valence-electron chi connectivity index (χ1n) is 6.13. The molecule has 0 spiro atoms. The third-order valence-electron chi connectivity index (χ3n) is 3.64. The maximum absolute atomic E-state index is 5.89. The van der Waals surface area contributed by atoms with Crippen molar-refractivity contribution in [3.05, 3.63) is 16.6 Å². The zero-order valence-electron chi connectivity index (χ0n) is 9.74. The second-order valence-electron chi connectivity index (χ2n) is 4.82. The van der Waals surface area contributed by atoms with E-state index in [0.717, 1.165) is 26.1 Å². The van der Waals surface area contributed by atoms with Gasteiger partial charge < -0.3 is 11.1 Å². The molecular formula is C12H21N3S. The fourth-order valence-electron chi connectivity index (χ4n) is 2.51. The van der Waals surface area contributed by atoms with Crippen LogP contribution < -0.4 is 11.1 Å². The van der Waals surface area contributed by atoms with Crippen molar-refractivity contribution in [2.45, 2.75) is 32.1 Å². The Kier molecular flexibility index (Phi) is 4.32. The minimum atomic E-state index is 0.391. The molecule has 1 aliphatic carbocycles. The summed E-state index contributed by atoms with van der Waals surface area (Å²) in [6, 6.07) is 0. The lowest BCUT2D eigenvalue weighted by Crippen LogP contribution is -2.38. The number of nitrogens with one attached hydrogen (secondary N) is 1. The Morgan fingerprint density at radius 3 is 2.88 bits per heavy atom. The fraction of sp³-hybridized carbons (Fsp3) is 0.750. The van der Waals surface area contributed by atoms with Gasteiger partial charge in [-0.25, -0.2) is 4.98 Å². The predicted octanol–water partition coefficient (Wildman–Crippen LogP) is 1.79. The number of rotatable bonds is 6. The average Bonchev–Trinajstić information content (AvgIpc) is 2.97. The number of nitrogens with two attached hydrogens (primary N) is 1. The van der Waals surface area contributed by atoms with E-state index >= 15 is 0 Å². The van der Waals surface area contributed by atoms with Crippen LogP contribution >= 0.6 is 11.3 Å².